The fraction of sp³-hybridized carbons (Fsp3) is 0.316. The Morgan fingerprint density at radius 1 is 1.11 bits per heavy atom. The van der Waals surface area contributed by atoms with Crippen LogP contribution in [0.15, 0.2) is 53.4 Å². The molecule has 0 aliphatic heterocycles. The van der Waals surface area contributed by atoms with Crippen molar-refractivity contribution in [1.82, 2.24) is 5.32 Å². The number of amides is 1. The van der Waals surface area contributed by atoms with Crippen molar-refractivity contribution in [1.29, 1.82) is 0 Å². The number of nitrogens with one attached hydrogen (secondary N) is 2. The first kappa shape index (κ1) is 21.2. The highest BCUT2D eigenvalue weighted by atomic mass is 35.5. The summed E-state index contributed by atoms with van der Waals surface area (Å²) in [5.41, 5.74) is 7.91. The largest absolute Gasteiger partial charge is 0.350 e. The lowest BCUT2D eigenvalue weighted by atomic mass is 10.2. The van der Waals surface area contributed by atoms with Gasteiger partial charge in [-0.25, -0.2) is 8.42 Å². The molecule has 3 rings (SSSR count). The summed E-state index contributed by atoms with van der Waals surface area (Å²) in [5, 5.41) is 2.79. The third kappa shape index (κ3) is 5.69. The van der Waals surface area contributed by atoms with Crippen LogP contribution in [0.4, 0.5) is 5.69 Å². The minimum Gasteiger partial charge on any atom is -0.350 e. The number of hydrogen-bond acceptors (Lipinski definition) is 4. The van der Waals surface area contributed by atoms with Crippen molar-refractivity contribution in [2.75, 3.05) is 11.3 Å². The number of carbonyl (C=O) groups is 1. The van der Waals surface area contributed by atoms with E-state index in [1.165, 1.54) is 24.3 Å². The summed E-state index contributed by atoms with van der Waals surface area (Å²) >= 11 is 0. The van der Waals surface area contributed by atoms with Gasteiger partial charge in [-0.1, -0.05) is 17.7 Å². The van der Waals surface area contributed by atoms with Gasteiger partial charge in [-0.2, -0.15) is 0 Å². The molecule has 0 heterocycles. The van der Waals surface area contributed by atoms with E-state index < -0.39 is 10.0 Å². The Morgan fingerprint density at radius 3 is 2.26 bits per heavy atom. The summed E-state index contributed by atoms with van der Waals surface area (Å²) in [6, 6.07) is 12.9. The van der Waals surface area contributed by atoms with Crippen molar-refractivity contribution in [3.8, 4) is 0 Å². The van der Waals surface area contributed by atoms with E-state index in [-0.39, 0.29) is 29.3 Å². The van der Waals surface area contributed by atoms with Gasteiger partial charge in [0, 0.05) is 23.8 Å². The van der Waals surface area contributed by atoms with Gasteiger partial charge in [-0.05, 0) is 62.1 Å². The zero-order chi connectivity index (χ0) is 18.7. The molecule has 0 bridgehead atoms. The normalized spacial score (nSPS) is 14.7. The molecule has 4 N–H and O–H groups in total. The van der Waals surface area contributed by atoms with Crippen LogP contribution in [0.25, 0.3) is 0 Å². The van der Waals surface area contributed by atoms with Crippen LogP contribution < -0.4 is 15.8 Å². The number of benzene rings is 2. The first-order chi connectivity index (χ1) is 12.3. The molecule has 0 radical (unpaired) electrons. The van der Waals surface area contributed by atoms with Gasteiger partial charge < -0.3 is 11.1 Å². The molecule has 0 saturated heterocycles. The van der Waals surface area contributed by atoms with Crippen LogP contribution in [0.2, 0.25) is 0 Å². The summed E-state index contributed by atoms with van der Waals surface area (Å²) in [7, 11) is -3.70. The summed E-state index contributed by atoms with van der Waals surface area (Å²) < 4.78 is 27.4. The summed E-state index contributed by atoms with van der Waals surface area (Å²) in [6.45, 7) is 2.36. The maximum atomic E-state index is 12.4. The van der Waals surface area contributed by atoms with E-state index in [1.807, 2.05) is 19.1 Å². The smallest absolute Gasteiger partial charge is 0.261 e. The van der Waals surface area contributed by atoms with Gasteiger partial charge in [0.2, 0.25) is 0 Å². The lowest BCUT2D eigenvalue weighted by Crippen LogP contribution is -2.38. The van der Waals surface area contributed by atoms with Gasteiger partial charge in [0.15, 0.2) is 0 Å². The highest BCUT2D eigenvalue weighted by molar-refractivity contribution is 7.92. The maximum absolute atomic E-state index is 12.4. The predicted molar refractivity (Wildman–Crippen MR) is 109 cm³/mol. The Labute approximate surface area is 166 Å². The molecule has 0 aromatic heterocycles. The molecule has 2 aromatic rings. The topological polar surface area (TPSA) is 101 Å². The first-order valence-corrected chi connectivity index (χ1v) is 10.1. The Morgan fingerprint density at radius 2 is 1.70 bits per heavy atom. The third-order valence-electron chi connectivity index (χ3n) is 4.46. The minimum atomic E-state index is -3.70. The number of hydrogen-bond donors (Lipinski definition) is 3. The van der Waals surface area contributed by atoms with E-state index in [0.29, 0.717) is 23.7 Å². The average molecular weight is 410 g/mol. The number of sulfonamides is 1. The Kier molecular flexibility index (Phi) is 6.86. The second-order valence-corrected chi connectivity index (χ2v) is 8.39. The van der Waals surface area contributed by atoms with Crippen molar-refractivity contribution < 1.29 is 13.2 Å². The molecule has 1 aliphatic carbocycles. The SMILES string of the molecule is Cc1ccc(NS(=O)(=O)c2ccc(C(=O)NCC(N)C3CC3)cc2)cc1.Cl. The second kappa shape index (κ2) is 8.73. The summed E-state index contributed by atoms with van der Waals surface area (Å²) in [6.07, 6.45) is 2.25. The highest BCUT2D eigenvalue weighted by Crippen LogP contribution is 2.31. The molecular weight excluding hydrogens is 386 g/mol. The van der Waals surface area contributed by atoms with Crippen molar-refractivity contribution in [2.45, 2.75) is 30.7 Å². The number of anilines is 1. The van der Waals surface area contributed by atoms with Gasteiger partial charge in [-0.3, -0.25) is 9.52 Å². The van der Waals surface area contributed by atoms with Crippen LogP contribution in [0.1, 0.15) is 28.8 Å². The average Bonchev–Trinajstić information content (AvgIpc) is 3.46. The molecule has 27 heavy (non-hydrogen) atoms. The fourth-order valence-corrected chi connectivity index (χ4v) is 3.68. The molecule has 8 heteroatoms. The molecule has 1 saturated carbocycles. The molecule has 6 nitrogen and oxygen atoms in total. The molecule has 0 spiro atoms. The molecule has 1 amide bonds. The Balaban J connectivity index is 0.00000261. The van der Waals surface area contributed by atoms with Crippen LogP contribution in [-0.4, -0.2) is 26.9 Å². The zero-order valence-corrected chi connectivity index (χ0v) is 16.6. The van der Waals surface area contributed by atoms with E-state index in [2.05, 4.69) is 10.0 Å². The van der Waals surface area contributed by atoms with Crippen LogP contribution in [-0.2, 0) is 10.0 Å². The lowest BCUT2D eigenvalue weighted by molar-refractivity contribution is 0.0950. The van der Waals surface area contributed by atoms with E-state index in [9.17, 15) is 13.2 Å². The van der Waals surface area contributed by atoms with Crippen LogP contribution in [0.3, 0.4) is 0 Å². The van der Waals surface area contributed by atoms with Crippen LogP contribution in [0.5, 0.6) is 0 Å². The number of rotatable bonds is 7. The van der Waals surface area contributed by atoms with Gasteiger partial charge >= 0.3 is 0 Å². The Bertz CT molecular complexity index is 879. The monoisotopic (exact) mass is 409 g/mol. The number of carbonyl (C=O) groups excluding carboxylic acids is 1. The number of nitrogens with two attached hydrogens (primary N) is 1. The lowest BCUT2D eigenvalue weighted by Gasteiger charge is -2.12. The van der Waals surface area contributed by atoms with Crippen molar-refractivity contribution in [3.05, 3.63) is 59.7 Å². The van der Waals surface area contributed by atoms with Gasteiger partial charge in [-0.15, -0.1) is 12.4 Å². The predicted octanol–water partition coefficient (Wildman–Crippen LogP) is 2.68. The molecule has 1 atom stereocenters. The number of aryl methyl sites for hydroxylation is 1. The molecular formula is C19H24ClN3O3S. The molecule has 2 aromatic carbocycles. The van der Waals surface area contributed by atoms with E-state index in [4.69, 9.17) is 5.73 Å². The molecule has 146 valence electrons. The third-order valence-corrected chi connectivity index (χ3v) is 5.85. The van der Waals surface area contributed by atoms with E-state index >= 15 is 0 Å². The summed E-state index contributed by atoms with van der Waals surface area (Å²) in [4.78, 5) is 12.2. The number of halogens is 1. The summed E-state index contributed by atoms with van der Waals surface area (Å²) in [5.74, 6) is 0.257. The van der Waals surface area contributed by atoms with E-state index in [0.717, 1.165) is 18.4 Å². The maximum Gasteiger partial charge on any atom is 0.261 e. The standard InChI is InChI=1S/C19H23N3O3S.ClH/c1-13-2-8-16(9-3-13)22-26(24,25)17-10-6-15(7-11-17)19(23)21-12-18(20)14-4-5-14;/h2-3,6-11,14,18,22H,4-5,12,20H2,1H3,(H,21,23);1H. The molecule has 1 fully saturated rings. The molecule has 1 aliphatic rings. The first-order valence-electron chi connectivity index (χ1n) is 8.58. The van der Waals surface area contributed by atoms with Crippen molar-refractivity contribution in [3.63, 3.8) is 0 Å². The Hall–Kier alpha value is -2.09. The van der Waals surface area contributed by atoms with E-state index in [1.54, 1.807) is 12.1 Å². The zero-order valence-electron chi connectivity index (χ0n) is 15.0. The quantitative estimate of drug-likeness (QED) is 0.654. The molecule has 1 unspecified atom stereocenters. The van der Waals surface area contributed by atoms with Crippen LogP contribution >= 0.6 is 12.4 Å². The van der Waals surface area contributed by atoms with Gasteiger partial charge in [0.25, 0.3) is 15.9 Å². The van der Waals surface area contributed by atoms with Gasteiger partial charge in [0.1, 0.15) is 0 Å². The fourth-order valence-electron chi connectivity index (χ4n) is 2.62. The highest BCUT2D eigenvalue weighted by Gasteiger charge is 2.28. The second-order valence-electron chi connectivity index (χ2n) is 6.71. The minimum absolute atomic E-state index is 0. The van der Waals surface area contributed by atoms with Crippen molar-refractivity contribution >= 4 is 34.0 Å². The van der Waals surface area contributed by atoms with Crippen LogP contribution in [0, 0.1) is 12.8 Å². The van der Waals surface area contributed by atoms with Crippen molar-refractivity contribution in [2.24, 2.45) is 11.7 Å². The van der Waals surface area contributed by atoms with Gasteiger partial charge in [0.05, 0.1) is 4.90 Å².